The summed E-state index contributed by atoms with van der Waals surface area (Å²) in [4.78, 5) is 22.3. The minimum absolute atomic E-state index is 0.156. The van der Waals surface area contributed by atoms with E-state index in [-0.39, 0.29) is 17.7 Å². The van der Waals surface area contributed by atoms with Crippen LogP contribution in [-0.4, -0.2) is 49.9 Å². The van der Waals surface area contributed by atoms with Crippen molar-refractivity contribution in [1.82, 2.24) is 24.6 Å². The first-order valence-electron chi connectivity index (χ1n) is 8.50. The number of hydrogen-bond donors (Lipinski definition) is 1. The van der Waals surface area contributed by atoms with Crippen LogP contribution in [0.5, 0.6) is 0 Å². The highest BCUT2D eigenvalue weighted by Crippen LogP contribution is 2.16. The highest BCUT2D eigenvalue weighted by atomic mass is 16.5. The predicted octanol–water partition coefficient (Wildman–Crippen LogP) is 1.72. The van der Waals surface area contributed by atoms with Crippen molar-refractivity contribution in [3.05, 3.63) is 52.7 Å². The van der Waals surface area contributed by atoms with E-state index in [1.165, 1.54) is 0 Å². The number of aromatic nitrogens is 4. The molecule has 25 heavy (non-hydrogen) atoms. The summed E-state index contributed by atoms with van der Waals surface area (Å²) in [5, 5.41) is 4.84. The molecule has 1 aliphatic rings. The van der Waals surface area contributed by atoms with E-state index in [1.54, 1.807) is 10.9 Å². The van der Waals surface area contributed by atoms with Crippen molar-refractivity contribution in [2.24, 2.45) is 0 Å². The second-order valence-electron chi connectivity index (χ2n) is 6.56. The molecule has 0 unspecified atom stereocenters. The normalized spacial score (nSPS) is 21.7. The predicted molar refractivity (Wildman–Crippen MR) is 94.8 cm³/mol. The number of ether oxygens (including phenoxy) is 1. The number of fused-ring (bicyclic) bond motifs is 1. The van der Waals surface area contributed by atoms with Gasteiger partial charge in [-0.3, -0.25) is 9.69 Å². The standard InChI is InChI=1S/C18H21N5O2/c1-12-11-25-13(2)9-22(12)10-16-20-17-15(18(24)21-16)8-19-23(17)14-6-4-3-5-7-14/h3-8,12-13H,9-11H2,1-2H3,(H,20,21,24)/t12-,13-/m0/s1. The molecule has 0 bridgehead atoms. The van der Waals surface area contributed by atoms with E-state index >= 15 is 0 Å². The van der Waals surface area contributed by atoms with Crippen LogP contribution in [0.25, 0.3) is 16.7 Å². The summed E-state index contributed by atoms with van der Waals surface area (Å²) in [5.74, 6) is 0.649. The van der Waals surface area contributed by atoms with Gasteiger partial charge in [0.15, 0.2) is 5.65 Å². The highest BCUT2D eigenvalue weighted by molar-refractivity contribution is 5.75. The molecule has 0 aliphatic carbocycles. The molecule has 1 fully saturated rings. The Morgan fingerprint density at radius 3 is 2.88 bits per heavy atom. The number of rotatable bonds is 3. The maximum absolute atomic E-state index is 12.4. The van der Waals surface area contributed by atoms with Gasteiger partial charge < -0.3 is 9.72 Å². The quantitative estimate of drug-likeness (QED) is 0.786. The second kappa shape index (κ2) is 6.42. The first-order chi connectivity index (χ1) is 12.1. The van der Waals surface area contributed by atoms with Gasteiger partial charge >= 0.3 is 0 Å². The molecule has 0 radical (unpaired) electrons. The molecule has 3 aromatic rings. The average molecular weight is 339 g/mol. The lowest BCUT2D eigenvalue weighted by Crippen LogP contribution is -2.47. The molecule has 0 amide bonds. The van der Waals surface area contributed by atoms with Crippen molar-refractivity contribution >= 4 is 11.0 Å². The molecule has 7 nitrogen and oxygen atoms in total. The Morgan fingerprint density at radius 2 is 2.08 bits per heavy atom. The molecule has 1 N–H and O–H groups in total. The van der Waals surface area contributed by atoms with Crippen molar-refractivity contribution in [2.75, 3.05) is 13.2 Å². The average Bonchev–Trinajstić information content (AvgIpc) is 3.03. The summed E-state index contributed by atoms with van der Waals surface area (Å²) in [6, 6.07) is 10.0. The molecule has 0 spiro atoms. The first kappa shape index (κ1) is 16.0. The third-order valence-electron chi connectivity index (χ3n) is 4.58. The lowest BCUT2D eigenvalue weighted by molar-refractivity contribution is -0.0534. The van der Waals surface area contributed by atoms with Gasteiger partial charge in [0.25, 0.3) is 5.56 Å². The highest BCUT2D eigenvalue weighted by Gasteiger charge is 2.24. The number of benzene rings is 1. The number of morpholine rings is 1. The lowest BCUT2D eigenvalue weighted by atomic mass is 10.2. The fraction of sp³-hybridized carbons (Fsp3) is 0.389. The largest absolute Gasteiger partial charge is 0.376 e. The molecule has 4 rings (SSSR count). The van der Waals surface area contributed by atoms with Gasteiger partial charge in [-0.2, -0.15) is 5.10 Å². The van der Waals surface area contributed by atoms with Crippen molar-refractivity contribution in [1.29, 1.82) is 0 Å². The van der Waals surface area contributed by atoms with Crippen LogP contribution >= 0.6 is 0 Å². The smallest absolute Gasteiger partial charge is 0.262 e. The second-order valence-corrected chi connectivity index (χ2v) is 6.56. The van der Waals surface area contributed by atoms with Crippen molar-refractivity contribution in [2.45, 2.75) is 32.5 Å². The lowest BCUT2D eigenvalue weighted by Gasteiger charge is -2.36. The number of para-hydroxylation sites is 1. The Labute approximate surface area is 145 Å². The topological polar surface area (TPSA) is 76.0 Å². The van der Waals surface area contributed by atoms with Gasteiger partial charge in [0, 0.05) is 12.6 Å². The van der Waals surface area contributed by atoms with E-state index in [0.717, 1.165) is 12.2 Å². The number of H-pyrrole nitrogens is 1. The fourth-order valence-electron chi connectivity index (χ4n) is 3.18. The third-order valence-corrected chi connectivity index (χ3v) is 4.58. The van der Waals surface area contributed by atoms with Crippen LogP contribution in [0.3, 0.4) is 0 Å². The summed E-state index contributed by atoms with van der Waals surface area (Å²) in [6.45, 7) is 6.27. The maximum atomic E-state index is 12.4. The van der Waals surface area contributed by atoms with Crippen LogP contribution < -0.4 is 5.56 Å². The molecular formula is C18H21N5O2. The Hall–Kier alpha value is -2.51. The molecule has 1 aliphatic heterocycles. The summed E-state index contributed by atoms with van der Waals surface area (Å²) in [7, 11) is 0. The molecular weight excluding hydrogens is 318 g/mol. The fourth-order valence-corrected chi connectivity index (χ4v) is 3.18. The molecule has 2 aromatic heterocycles. The molecule has 0 saturated carbocycles. The van der Waals surface area contributed by atoms with Crippen LogP contribution in [0.15, 0.2) is 41.3 Å². The Kier molecular flexibility index (Phi) is 4.10. The van der Waals surface area contributed by atoms with Gasteiger partial charge in [0.05, 0.1) is 31.1 Å². The number of nitrogens with zero attached hydrogens (tertiary/aromatic N) is 4. The summed E-state index contributed by atoms with van der Waals surface area (Å²) in [6.07, 6.45) is 1.75. The van der Waals surface area contributed by atoms with E-state index in [2.05, 4.69) is 33.8 Å². The van der Waals surface area contributed by atoms with Gasteiger partial charge in [-0.1, -0.05) is 18.2 Å². The van der Waals surface area contributed by atoms with Crippen molar-refractivity contribution in [3.63, 3.8) is 0 Å². The zero-order chi connectivity index (χ0) is 17.4. The van der Waals surface area contributed by atoms with E-state index in [9.17, 15) is 4.79 Å². The van der Waals surface area contributed by atoms with Crippen LogP contribution in [0.4, 0.5) is 0 Å². The summed E-state index contributed by atoms with van der Waals surface area (Å²) >= 11 is 0. The monoisotopic (exact) mass is 339 g/mol. The van der Waals surface area contributed by atoms with E-state index in [1.807, 2.05) is 30.3 Å². The summed E-state index contributed by atoms with van der Waals surface area (Å²) in [5.41, 5.74) is 1.31. The van der Waals surface area contributed by atoms with E-state index in [4.69, 9.17) is 4.74 Å². The Morgan fingerprint density at radius 1 is 1.28 bits per heavy atom. The summed E-state index contributed by atoms with van der Waals surface area (Å²) < 4.78 is 7.38. The molecule has 7 heteroatoms. The van der Waals surface area contributed by atoms with Gasteiger partial charge in [-0.15, -0.1) is 0 Å². The minimum atomic E-state index is -0.156. The van der Waals surface area contributed by atoms with Crippen LogP contribution in [0, 0.1) is 0 Å². The molecule has 130 valence electrons. The number of aromatic amines is 1. The molecule has 1 saturated heterocycles. The van der Waals surface area contributed by atoms with Gasteiger partial charge in [0.2, 0.25) is 0 Å². The number of hydrogen-bond acceptors (Lipinski definition) is 5. The number of nitrogens with one attached hydrogen (secondary N) is 1. The van der Waals surface area contributed by atoms with Gasteiger partial charge in [0.1, 0.15) is 11.2 Å². The van der Waals surface area contributed by atoms with Gasteiger partial charge in [-0.05, 0) is 26.0 Å². The molecule has 1 aromatic carbocycles. The van der Waals surface area contributed by atoms with Crippen LogP contribution in [0.2, 0.25) is 0 Å². The van der Waals surface area contributed by atoms with E-state index < -0.39 is 0 Å². The first-order valence-corrected chi connectivity index (χ1v) is 8.50. The minimum Gasteiger partial charge on any atom is -0.376 e. The van der Waals surface area contributed by atoms with Crippen LogP contribution in [-0.2, 0) is 11.3 Å². The Bertz CT molecular complexity index is 934. The van der Waals surface area contributed by atoms with Crippen LogP contribution in [0.1, 0.15) is 19.7 Å². The third kappa shape index (κ3) is 3.08. The SMILES string of the molecule is C[C@H]1CN(Cc2nc3c(cnn3-c3ccccc3)c(=O)[nH]2)[C@@H](C)CO1. The van der Waals surface area contributed by atoms with Crippen molar-refractivity contribution < 1.29 is 4.74 Å². The zero-order valence-corrected chi connectivity index (χ0v) is 14.3. The molecule has 3 heterocycles. The van der Waals surface area contributed by atoms with Gasteiger partial charge in [-0.25, -0.2) is 9.67 Å². The molecule has 2 atom stereocenters. The maximum Gasteiger partial charge on any atom is 0.262 e. The Balaban J connectivity index is 1.72. The van der Waals surface area contributed by atoms with E-state index in [0.29, 0.717) is 30.0 Å². The van der Waals surface area contributed by atoms with Crippen molar-refractivity contribution in [3.8, 4) is 5.69 Å². The zero-order valence-electron chi connectivity index (χ0n) is 14.3.